The number of methoxy groups -OCH3 is 1. The Balaban J connectivity index is 1.36. The summed E-state index contributed by atoms with van der Waals surface area (Å²) in [6.07, 6.45) is 2.57. The number of nitrogens with zero attached hydrogens (tertiary/aromatic N) is 3. The highest BCUT2D eigenvalue weighted by Crippen LogP contribution is 2.25. The number of ether oxygens (including phenoxy) is 1. The predicted molar refractivity (Wildman–Crippen MR) is 109 cm³/mol. The summed E-state index contributed by atoms with van der Waals surface area (Å²) in [6, 6.07) is 11.8. The maximum atomic E-state index is 12.9. The molecule has 146 valence electrons. The minimum atomic E-state index is 0.000327. The second kappa shape index (κ2) is 8.58. The van der Waals surface area contributed by atoms with E-state index in [0.29, 0.717) is 18.0 Å². The summed E-state index contributed by atoms with van der Waals surface area (Å²) in [6.45, 7) is 4.18. The van der Waals surface area contributed by atoms with Crippen molar-refractivity contribution in [1.29, 1.82) is 0 Å². The Morgan fingerprint density at radius 2 is 2.04 bits per heavy atom. The predicted octanol–water partition coefficient (Wildman–Crippen LogP) is 3.76. The van der Waals surface area contributed by atoms with E-state index in [2.05, 4.69) is 22.0 Å². The third-order valence-electron chi connectivity index (χ3n) is 4.90. The van der Waals surface area contributed by atoms with Crippen LogP contribution in [0.3, 0.4) is 0 Å². The largest absolute Gasteiger partial charge is 0.497 e. The Morgan fingerprint density at radius 1 is 1.18 bits per heavy atom. The lowest BCUT2D eigenvalue weighted by atomic mass is 10.2. The van der Waals surface area contributed by atoms with Crippen molar-refractivity contribution in [3.63, 3.8) is 0 Å². The molecular weight excluding hydrogens is 374 g/mol. The van der Waals surface area contributed by atoms with Crippen molar-refractivity contribution < 1.29 is 13.9 Å². The van der Waals surface area contributed by atoms with Crippen LogP contribution in [0.2, 0.25) is 0 Å². The lowest BCUT2D eigenvalue weighted by molar-refractivity contribution is 0.0756. The molecule has 6 nitrogen and oxygen atoms in total. The van der Waals surface area contributed by atoms with Gasteiger partial charge in [0.25, 0.3) is 5.91 Å². The molecule has 7 heteroatoms. The molecule has 1 saturated heterocycles. The van der Waals surface area contributed by atoms with Crippen molar-refractivity contribution in [1.82, 2.24) is 14.8 Å². The Hall–Kier alpha value is -2.64. The maximum absolute atomic E-state index is 12.9. The van der Waals surface area contributed by atoms with Gasteiger partial charge in [0.05, 0.1) is 13.4 Å². The van der Waals surface area contributed by atoms with Gasteiger partial charge in [0.1, 0.15) is 11.4 Å². The number of rotatable bonds is 5. The maximum Gasteiger partial charge on any atom is 0.273 e. The normalized spacial score (nSPS) is 15.4. The Labute approximate surface area is 168 Å². The monoisotopic (exact) mass is 397 g/mol. The first-order valence-corrected chi connectivity index (χ1v) is 10.2. The van der Waals surface area contributed by atoms with E-state index in [4.69, 9.17) is 9.15 Å². The minimum absolute atomic E-state index is 0.000327. The SMILES string of the molecule is COc1ccc(CN2CCCN(C(=O)c3csc(-c4ccco4)n3)CC2)cc1. The first kappa shape index (κ1) is 18.7. The smallest absolute Gasteiger partial charge is 0.273 e. The van der Waals surface area contributed by atoms with Crippen LogP contribution >= 0.6 is 11.3 Å². The molecule has 0 radical (unpaired) electrons. The molecule has 2 aromatic heterocycles. The highest BCUT2D eigenvalue weighted by atomic mass is 32.1. The van der Waals surface area contributed by atoms with E-state index in [1.807, 2.05) is 34.5 Å². The summed E-state index contributed by atoms with van der Waals surface area (Å²) < 4.78 is 10.6. The van der Waals surface area contributed by atoms with E-state index >= 15 is 0 Å². The average molecular weight is 398 g/mol. The van der Waals surface area contributed by atoms with Gasteiger partial charge in [0.15, 0.2) is 10.8 Å². The number of carbonyl (C=O) groups is 1. The van der Waals surface area contributed by atoms with Crippen LogP contribution in [0.1, 0.15) is 22.5 Å². The third-order valence-corrected chi connectivity index (χ3v) is 5.75. The van der Waals surface area contributed by atoms with Gasteiger partial charge in [0, 0.05) is 38.1 Å². The molecule has 3 heterocycles. The van der Waals surface area contributed by atoms with Gasteiger partial charge in [0.2, 0.25) is 0 Å². The molecule has 1 aromatic carbocycles. The Morgan fingerprint density at radius 3 is 2.79 bits per heavy atom. The highest BCUT2D eigenvalue weighted by Gasteiger charge is 2.23. The summed E-state index contributed by atoms with van der Waals surface area (Å²) in [5.74, 6) is 1.57. The third kappa shape index (κ3) is 4.26. The first-order valence-electron chi connectivity index (χ1n) is 9.37. The number of carbonyl (C=O) groups excluding carboxylic acids is 1. The molecule has 1 amide bonds. The number of thiazole rings is 1. The van der Waals surface area contributed by atoms with Crippen molar-refractivity contribution in [2.24, 2.45) is 0 Å². The Kier molecular flexibility index (Phi) is 5.73. The molecule has 0 spiro atoms. The summed E-state index contributed by atoms with van der Waals surface area (Å²) in [4.78, 5) is 21.7. The highest BCUT2D eigenvalue weighted by molar-refractivity contribution is 7.13. The zero-order valence-corrected chi connectivity index (χ0v) is 16.7. The van der Waals surface area contributed by atoms with Crippen molar-refractivity contribution in [2.75, 3.05) is 33.3 Å². The van der Waals surface area contributed by atoms with Gasteiger partial charge in [-0.25, -0.2) is 4.98 Å². The van der Waals surface area contributed by atoms with Gasteiger partial charge in [-0.2, -0.15) is 0 Å². The van der Waals surface area contributed by atoms with Gasteiger partial charge < -0.3 is 14.1 Å². The molecule has 1 aliphatic heterocycles. The topological polar surface area (TPSA) is 58.8 Å². The number of furan rings is 1. The zero-order valence-electron chi connectivity index (χ0n) is 15.8. The molecule has 0 bridgehead atoms. The van der Waals surface area contributed by atoms with Gasteiger partial charge in [-0.05, 0) is 36.2 Å². The molecule has 3 aromatic rings. The van der Waals surface area contributed by atoms with Crippen molar-refractivity contribution in [3.8, 4) is 16.5 Å². The molecule has 0 atom stereocenters. The minimum Gasteiger partial charge on any atom is -0.497 e. The number of benzene rings is 1. The second-order valence-corrected chi connectivity index (χ2v) is 7.64. The fourth-order valence-corrected chi connectivity index (χ4v) is 4.13. The van der Waals surface area contributed by atoms with Crippen LogP contribution in [0.15, 0.2) is 52.5 Å². The van der Waals surface area contributed by atoms with Crippen molar-refractivity contribution in [3.05, 3.63) is 59.3 Å². The van der Waals surface area contributed by atoms with Crippen LogP contribution in [0.4, 0.5) is 0 Å². The first-order chi connectivity index (χ1) is 13.7. The molecule has 1 fully saturated rings. The molecule has 4 rings (SSSR count). The van der Waals surface area contributed by atoms with Crippen LogP contribution < -0.4 is 4.74 Å². The number of aromatic nitrogens is 1. The lowest BCUT2D eigenvalue weighted by Gasteiger charge is -2.21. The lowest BCUT2D eigenvalue weighted by Crippen LogP contribution is -2.35. The fourth-order valence-electron chi connectivity index (χ4n) is 3.37. The van der Waals surface area contributed by atoms with Crippen LogP contribution in [-0.2, 0) is 6.54 Å². The standard InChI is InChI=1S/C21H23N3O3S/c1-26-17-7-5-16(6-8-17)14-23-9-3-10-24(12-11-23)21(25)18-15-28-20(22-18)19-4-2-13-27-19/h2,4-8,13,15H,3,9-12,14H2,1H3. The summed E-state index contributed by atoms with van der Waals surface area (Å²) in [5, 5.41) is 2.56. The van der Waals surface area contributed by atoms with Crippen molar-refractivity contribution >= 4 is 17.2 Å². The van der Waals surface area contributed by atoms with Crippen LogP contribution in [0.5, 0.6) is 5.75 Å². The second-order valence-electron chi connectivity index (χ2n) is 6.79. The van der Waals surface area contributed by atoms with Gasteiger partial charge in [-0.15, -0.1) is 11.3 Å². The van der Waals surface area contributed by atoms with E-state index in [1.54, 1.807) is 13.4 Å². The number of hydrogen-bond donors (Lipinski definition) is 0. The summed E-state index contributed by atoms with van der Waals surface area (Å²) in [7, 11) is 1.68. The van der Waals surface area contributed by atoms with Crippen LogP contribution in [-0.4, -0.2) is 54.0 Å². The molecule has 0 unspecified atom stereocenters. The molecule has 28 heavy (non-hydrogen) atoms. The summed E-state index contributed by atoms with van der Waals surface area (Å²) in [5.41, 5.74) is 1.75. The number of amides is 1. The van der Waals surface area contributed by atoms with Crippen LogP contribution in [0.25, 0.3) is 10.8 Å². The van der Waals surface area contributed by atoms with Gasteiger partial charge >= 0.3 is 0 Å². The van der Waals surface area contributed by atoms with E-state index in [0.717, 1.165) is 43.4 Å². The summed E-state index contributed by atoms with van der Waals surface area (Å²) >= 11 is 1.44. The molecule has 1 aliphatic rings. The van der Waals surface area contributed by atoms with E-state index in [9.17, 15) is 4.79 Å². The number of hydrogen-bond acceptors (Lipinski definition) is 6. The van der Waals surface area contributed by atoms with Gasteiger partial charge in [-0.1, -0.05) is 12.1 Å². The quantitative estimate of drug-likeness (QED) is 0.656. The molecule has 0 N–H and O–H groups in total. The molecular formula is C21H23N3O3S. The fraction of sp³-hybridized carbons (Fsp3) is 0.333. The average Bonchev–Trinajstić information content (AvgIpc) is 3.37. The van der Waals surface area contributed by atoms with Crippen molar-refractivity contribution in [2.45, 2.75) is 13.0 Å². The van der Waals surface area contributed by atoms with Gasteiger partial charge in [-0.3, -0.25) is 9.69 Å². The van der Waals surface area contributed by atoms with Crippen LogP contribution in [0, 0.1) is 0 Å². The zero-order chi connectivity index (χ0) is 19.3. The molecule has 0 aliphatic carbocycles. The Bertz CT molecular complexity index is 905. The van der Waals surface area contributed by atoms with E-state index in [1.165, 1.54) is 16.9 Å². The molecule has 0 saturated carbocycles. The van der Waals surface area contributed by atoms with E-state index < -0.39 is 0 Å². The van der Waals surface area contributed by atoms with E-state index in [-0.39, 0.29) is 5.91 Å².